The van der Waals surface area contributed by atoms with E-state index in [0.717, 1.165) is 22.4 Å². The molecule has 2 aliphatic rings. The molecule has 3 aromatic carbocycles. The third-order valence-corrected chi connectivity index (χ3v) is 11.7. The number of rotatable bonds is 15. The van der Waals surface area contributed by atoms with E-state index in [0.29, 0.717) is 50.6 Å². The predicted octanol–water partition coefficient (Wildman–Crippen LogP) is 3.92. The molecule has 2 fully saturated rings. The third kappa shape index (κ3) is 8.79. The van der Waals surface area contributed by atoms with Crippen LogP contribution < -0.4 is 4.90 Å². The van der Waals surface area contributed by atoms with Gasteiger partial charge in [0.2, 0.25) is 15.9 Å². The molecule has 2 heterocycles. The number of carbonyl (C=O) groups excluding carboxylic acids is 1. The zero-order chi connectivity index (χ0) is 36.2. The largest absolute Gasteiger partial charge is 0.394 e. The summed E-state index contributed by atoms with van der Waals surface area (Å²) < 4.78 is 44.0. The average Bonchev–Trinajstić information content (AvgIpc) is 3.10. The summed E-state index contributed by atoms with van der Waals surface area (Å²) in [6, 6.07) is 21.2. The Morgan fingerprint density at radius 1 is 0.900 bits per heavy atom. The molecule has 3 aromatic rings. The lowest BCUT2D eigenvalue weighted by atomic mass is 9.78. The maximum absolute atomic E-state index is 13.7. The summed E-state index contributed by atoms with van der Waals surface area (Å²) in [6.45, 7) is 1.83. The van der Waals surface area contributed by atoms with E-state index in [2.05, 4.69) is 0 Å². The number of halogens is 1. The second-order valence-electron chi connectivity index (χ2n) is 13.8. The average molecular weight is 713 g/mol. The van der Waals surface area contributed by atoms with Crippen molar-refractivity contribution in [3.63, 3.8) is 0 Å². The van der Waals surface area contributed by atoms with E-state index in [-0.39, 0.29) is 30.3 Å². The molecule has 5 rings (SSSR count). The lowest BCUT2D eigenvalue weighted by Gasteiger charge is -2.48. The van der Waals surface area contributed by atoms with Gasteiger partial charge in [-0.3, -0.25) is 4.79 Å². The van der Waals surface area contributed by atoms with Crippen molar-refractivity contribution in [2.24, 2.45) is 11.8 Å². The number of carbonyl (C=O) groups is 1. The van der Waals surface area contributed by atoms with Crippen LogP contribution in [-0.2, 0) is 32.4 Å². The number of aliphatic hydroxyl groups is 4. The summed E-state index contributed by atoms with van der Waals surface area (Å²) in [5.74, 6) is -1.24. The molecule has 50 heavy (non-hydrogen) atoms. The SMILES string of the molecule is C[C@H]1[C@H](O)[C@@H](CO)OC(CCc2ccc([C@@H]3C(CC[C@H](O)c4ccc(F)cc4)C(=O)N3c3ccc(CCCN(C)S(C)(=O)=O)cc3)cc2)[C@@H]1O. The Morgan fingerprint density at radius 2 is 1.50 bits per heavy atom. The summed E-state index contributed by atoms with van der Waals surface area (Å²) >= 11 is 0. The van der Waals surface area contributed by atoms with Gasteiger partial charge in [0.15, 0.2) is 0 Å². The number of hydrogen-bond donors (Lipinski definition) is 4. The standard InChI is InChI=1S/C38H49FN2O8S/c1-24-36(44)33(49-34(23-42)37(24)45)21-10-26-6-11-28(12-7-26)35-31(19-20-32(43)27-13-15-29(39)16-14-27)38(46)41(35)30-17-8-25(9-18-30)5-4-22-40(2)50(3,47)48/h6-9,11-18,24,31-37,42-45H,4-5,10,19-23H2,1-3H3/t24-,31?,32+,33?,34-,35-,36-,37+/m1/s1. The molecule has 12 heteroatoms. The van der Waals surface area contributed by atoms with Crippen molar-refractivity contribution >= 4 is 21.6 Å². The minimum Gasteiger partial charge on any atom is -0.394 e. The van der Waals surface area contributed by atoms with Gasteiger partial charge in [-0.1, -0.05) is 55.5 Å². The number of ether oxygens (including phenoxy) is 1. The number of sulfonamides is 1. The second-order valence-corrected chi connectivity index (χ2v) is 15.9. The number of aryl methyl sites for hydroxylation is 2. The highest BCUT2D eigenvalue weighted by atomic mass is 32.2. The fourth-order valence-corrected chi connectivity index (χ4v) is 7.49. The molecular formula is C38H49FN2O8S. The zero-order valence-corrected chi connectivity index (χ0v) is 29.6. The summed E-state index contributed by atoms with van der Waals surface area (Å²) in [5.41, 5.74) is 4.32. The van der Waals surface area contributed by atoms with Gasteiger partial charge >= 0.3 is 0 Å². The molecule has 272 valence electrons. The van der Waals surface area contributed by atoms with Crippen LogP contribution in [0.2, 0.25) is 0 Å². The van der Waals surface area contributed by atoms with Crippen molar-refractivity contribution in [1.29, 1.82) is 0 Å². The Bertz CT molecular complexity index is 1670. The Labute approximate surface area is 294 Å². The molecule has 4 N–H and O–H groups in total. The lowest BCUT2D eigenvalue weighted by Crippen LogP contribution is -2.55. The fraction of sp³-hybridized carbons (Fsp3) is 0.500. The summed E-state index contributed by atoms with van der Waals surface area (Å²) in [7, 11) is -1.68. The smallest absolute Gasteiger partial charge is 0.233 e. The number of aliphatic hydroxyl groups excluding tert-OH is 4. The first-order valence-electron chi connectivity index (χ1n) is 17.3. The molecular weight excluding hydrogens is 663 g/mol. The first-order chi connectivity index (χ1) is 23.8. The third-order valence-electron chi connectivity index (χ3n) is 10.3. The van der Waals surface area contributed by atoms with Gasteiger partial charge in [-0.2, -0.15) is 0 Å². The first kappa shape index (κ1) is 38.0. The van der Waals surface area contributed by atoms with Crippen LogP contribution in [0.3, 0.4) is 0 Å². The number of hydrogen-bond acceptors (Lipinski definition) is 8. The van der Waals surface area contributed by atoms with E-state index in [1.807, 2.05) is 48.5 Å². The Morgan fingerprint density at radius 3 is 2.12 bits per heavy atom. The quantitative estimate of drug-likeness (QED) is 0.174. The van der Waals surface area contributed by atoms with Gasteiger partial charge in [0.25, 0.3) is 0 Å². The van der Waals surface area contributed by atoms with Crippen LogP contribution in [0.4, 0.5) is 10.1 Å². The van der Waals surface area contributed by atoms with E-state index in [1.54, 1.807) is 31.0 Å². The van der Waals surface area contributed by atoms with Crippen LogP contribution in [0.1, 0.15) is 67.0 Å². The molecule has 0 aliphatic carbocycles. The maximum Gasteiger partial charge on any atom is 0.233 e. The molecule has 0 bridgehead atoms. The van der Waals surface area contributed by atoms with Crippen LogP contribution in [0.25, 0.3) is 0 Å². The summed E-state index contributed by atoms with van der Waals surface area (Å²) in [4.78, 5) is 15.5. The van der Waals surface area contributed by atoms with Gasteiger partial charge < -0.3 is 30.1 Å². The highest BCUT2D eigenvalue weighted by Gasteiger charge is 2.48. The second kappa shape index (κ2) is 16.4. The van der Waals surface area contributed by atoms with Gasteiger partial charge in [-0.25, -0.2) is 17.1 Å². The van der Waals surface area contributed by atoms with Gasteiger partial charge in [-0.15, -0.1) is 0 Å². The molecule has 2 unspecified atom stereocenters. The summed E-state index contributed by atoms with van der Waals surface area (Å²) in [5, 5.41) is 41.4. The minimum absolute atomic E-state index is 0.0499. The molecule has 0 aromatic heterocycles. The van der Waals surface area contributed by atoms with Crippen LogP contribution >= 0.6 is 0 Å². The highest BCUT2D eigenvalue weighted by molar-refractivity contribution is 7.88. The molecule has 0 radical (unpaired) electrons. The Balaban J connectivity index is 1.29. The van der Waals surface area contributed by atoms with Crippen LogP contribution in [0.5, 0.6) is 0 Å². The van der Waals surface area contributed by atoms with Crippen molar-refractivity contribution in [2.45, 2.75) is 82.0 Å². The van der Waals surface area contributed by atoms with Crippen molar-refractivity contribution < 1.29 is 42.8 Å². The van der Waals surface area contributed by atoms with Gasteiger partial charge in [-0.05, 0) is 85.0 Å². The number of nitrogens with zero attached hydrogens (tertiary/aromatic N) is 2. The van der Waals surface area contributed by atoms with Gasteiger partial charge in [0.1, 0.15) is 11.9 Å². The van der Waals surface area contributed by atoms with E-state index < -0.39 is 46.5 Å². The number of β-lactam (4-membered cyclic amide) rings is 1. The maximum atomic E-state index is 13.7. The van der Waals surface area contributed by atoms with Crippen molar-refractivity contribution in [2.75, 3.05) is 31.4 Å². The molecule has 0 saturated carbocycles. The first-order valence-corrected chi connectivity index (χ1v) is 19.1. The normalized spacial score (nSPS) is 26.2. The van der Waals surface area contributed by atoms with Crippen LogP contribution in [0, 0.1) is 17.7 Å². The van der Waals surface area contributed by atoms with E-state index in [9.17, 15) is 38.0 Å². The molecule has 8 atom stereocenters. The van der Waals surface area contributed by atoms with Gasteiger partial charge in [0.05, 0.1) is 49.2 Å². The fourth-order valence-electron chi connectivity index (χ4n) is 7.03. The van der Waals surface area contributed by atoms with Crippen molar-refractivity contribution in [3.05, 3.63) is 101 Å². The Kier molecular flexibility index (Phi) is 12.5. The van der Waals surface area contributed by atoms with Gasteiger partial charge in [0, 0.05) is 25.2 Å². The van der Waals surface area contributed by atoms with E-state index >= 15 is 0 Å². The van der Waals surface area contributed by atoms with Crippen molar-refractivity contribution in [3.8, 4) is 0 Å². The lowest BCUT2D eigenvalue weighted by molar-refractivity contribution is -0.206. The predicted molar refractivity (Wildman–Crippen MR) is 188 cm³/mol. The molecule has 1 amide bonds. The Hall–Kier alpha value is -3.23. The number of amides is 1. The molecule has 2 saturated heterocycles. The highest BCUT2D eigenvalue weighted by Crippen LogP contribution is 2.46. The molecule has 2 aliphatic heterocycles. The van der Waals surface area contributed by atoms with Crippen LogP contribution in [-0.4, -0.2) is 89.9 Å². The summed E-state index contributed by atoms with van der Waals surface area (Å²) in [6.07, 6.45) is 0.506. The van der Waals surface area contributed by atoms with E-state index in [1.165, 1.54) is 22.7 Å². The minimum atomic E-state index is -3.24. The molecule has 10 nitrogen and oxygen atoms in total. The monoisotopic (exact) mass is 712 g/mol. The van der Waals surface area contributed by atoms with E-state index in [4.69, 9.17) is 4.74 Å². The molecule has 0 spiro atoms. The topological polar surface area (TPSA) is 148 Å². The number of anilines is 1. The van der Waals surface area contributed by atoms with Crippen molar-refractivity contribution in [1.82, 2.24) is 4.31 Å². The van der Waals surface area contributed by atoms with Crippen LogP contribution in [0.15, 0.2) is 72.8 Å². The zero-order valence-electron chi connectivity index (χ0n) is 28.8. The number of benzene rings is 3.